The molecule has 0 aromatic heterocycles. The Morgan fingerprint density at radius 1 is 0.354 bits per heavy atom. The number of aliphatic hydroxyl groups is 16. The molecular weight excluding hydrogens is 1350 g/mol. The van der Waals surface area contributed by atoms with Gasteiger partial charge in [-0.05, 0) is 0 Å². The van der Waals surface area contributed by atoms with Crippen molar-refractivity contribution in [1.29, 1.82) is 0 Å². The van der Waals surface area contributed by atoms with Gasteiger partial charge in [0.05, 0.1) is 46.2 Å². The SMILES string of the molecule is CC(=O)N[C@H]1[C@H](O[C@@H]([C@H](O)[C@H](C=O)NC(C)=O)[C@H](O)CO)O[C@H](CO)[C@@H](O[C@@H]2O[C@H](CO)[C@@H](O[C@@H]3O[C@H](CO)[C@@H](O[C@@H]4O[C@H](CO)[C@@H](O[C@@H]5O[C@H](CO)[C@@H](O[C@@H]6O[C@H](CO)[C@@H](O)[C@H](O)[C@H]6NC(C)=O)[C@H](O)[C@H]5NC(C)=O)[C@H](O)[C@H]4NC(C)=O)[C@H](O)[C@H]3NC(C)=O)[C@H](O)[C@H]2NC(C)=O)[C@@H]1O. The Kier molecular flexibility index (Phi) is 31.2. The Bertz CT molecular complexity index is 2670. The zero-order valence-electron chi connectivity index (χ0n) is 54.5. The van der Waals surface area contributed by atoms with Crippen LogP contribution in [0.1, 0.15) is 48.5 Å². The van der Waals surface area contributed by atoms with E-state index in [0.717, 1.165) is 48.5 Å². The van der Waals surface area contributed by atoms with Gasteiger partial charge in [-0.1, -0.05) is 0 Å². The third-order valence-corrected chi connectivity index (χ3v) is 16.9. The first-order valence-corrected chi connectivity index (χ1v) is 31.3. The van der Waals surface area contributed by atoms with Crippen LogP contribution in [0.4, 0.5) is 0 Å². The Morgan fingerprint density at radius 2 is 0.586 bits per heavy atom. The highest BCUT2D eigenvalue weighted by Crippen LogP contribution is 2.38. The molecule has 0 aliphatic carbocycles. The van der Waals surface area contributed by atoms with Crippen LogP contribution in [0.25, 0.3) is 0 Å². The topological polar surface area (TPSA) is 655 Å². The first kappa shape index (κ1) is 82.8. The quantitative estimate of drug-likeness (QED) is 0.0297. The molecule has 43 heteroatoms. The van der Waals surface area contributed by atoms with Gasteiger partial charge in [0.2, 0.25) is 41.4 Å². The number of hydrogen-bond acceptors (Lipinski definition) is 36. The third-order valence-electron chi connectivity index (χ3n) is 16.9. The van der Waals surface area contributed by atoms with E-state index in [-0.39, 0.29) is 6.29 Å². The lowest BCUT2D eigenvalue weighted by Gasteiger charge is -2.52. The van der Waals surface area contributed by atoms with E-state index in [1.807, 2.05) is 0 Å². The fourth-order valence-electron chi connectivity index (χ4n) is 12.4. The van der Waals surface area contributed by atoms with Crippen LogP contribution in [0, 0.1) is 0 Å². The average Bonchev–Trinajstić information content (AvgIpc) is 0.774. The Morgan fingerprint density at radius 3 is 0.808 bits per heavy atom. The summed E-state index contributed by atoms with van der Waals surface area (Å²) in [6.45, 7) is -0.424. The van der Waals surface area contributed by atoms with E-state index in [0.29, 0.717) is 0 Å². The maximum absolute atomic E-state index is 13.0. The lowest BCUT2D eigenvalue weighted by molar-refractivity contribution is -0.371. The van der Waals surface area contributed by atoms with Crippen LogP contribution < -0.4 is 37.2 Å². The Labute approximate surface area is 563 Å². The van der Waals surface area contributed by atoms with Crippen LogP contribution in [-0.4, -0.2) is 384 Å². The number of carbonyl (C=O) groups excluding carboxylic acids is 8. The zero-order valence-corrected chi connectivity index (χ0v) is 54.5. The molecule has 0 unspecified atom stereocenters. The molecule has 0 spiro atoms. The summed E-state index contributed by atoms with van der Waals surface area (Å²) in [5.74, 6) is -5.95. The molecular formula is C56H93N7O36. The highest BCUT2D eigenvalue weighted by atomic mass is 16.8. The van der Waals surface area contributed by atoms with Crippen molar-refractivity contribution in [3.8, 4) is 0 Å². The van der Waals surface area contributed by atoms with Gasteiger partial charge in [-0.15, -0.1) is 0 Å². The Hall–Kier alpha value is -5.16. The van der Waals surface area contributed by atoms with Crippen molar-refractivity contribution in [3.05, 3.63) is 0 Å². The summed E-state index contributed by atoms with van der Waals surface area (Å²) in [4.78, 5) is 100.0. The van der Waals surface area contributed by atoms with E-state index in [2.05, 4.69) is 37.2 Å². The second-order valence-corrected chi connectivity index (χ2v) is 24.4. The number of hydrogen-bond donors (Lipinski definition) is 23. The molecule has 23 N–H and O–H groups in total. The van der Waals surface area contributed by atoms with Gasteiger partial charge in [0.1, 0.15) is 177 Å². The highest BCUT2D eigenvalue weighted by molar-refractivity contribution is 5.78. The van der Waals surface area contributed by atoms with E-state index in [1.165, 1.54) is 0 Å². The number of carbonyl (C=O) groups is 8. The predicted octanol–water partition coefficient (Wildman–Crippen LogP) is -15.4. The van der Waals surface area contributed by atoms with Crippen molar-refractivity contribution < 1.29 is 177 Å². The van der Waals surface area contributed by atoms with Gasteiger partial charge in [-0.25, -0.2) is 0 Å². The van der Waals surface area contributed by atoms with Crippen molar-refractivity contribution in [2.75, 3.05) is 46.2 Å². The van der Waals surface area contributed by atoms with Crippen LogP contribution >= 0.6 is 0 Å². The Balaban J connectivity index is 1.23. The van der Waals surface area contributed by atoms with Crippen LogP contribution in [0.3, 0.4) is 0 Å². The molecule has 34 atom stereocenters. The maximum atomic E-state index is 13.0. The molecule has 0 bridgehead atoms. The molecule has 43 nitrogen and oxygen atoms in total. The predicted molar refractivity (Wildman–Crippen MR) is 314 cm³/mol. The molecule has 0 aromatic rings. The third kappa shape index (κ3) is 20.2. The van der Waals surface area contributed by atoms with Crippen LogP contribution in [0.2, 0.25) is 0 Å². The van der Waals surface area contributed by atoms with Gasteiger partial charge in [-0.3, -0.25) is 33.6 Å². The number of aldehydes is 1. The average molecular weight is 1440 g/mol. The molecule has 6 saturated heterocycles. The normalized spacial score (nSPS) is 40.7. The molecule has 6 aliphatic heterocycles. The number of ether oxygens (including phenoxy) is 12. The van der Waals surface area contributed by atoms with E-state index in [4.69, 9.17) is 56.8 Å². The summed E-state index contributed by atoms with van der Waals surface area (Å²) in [7, 11) is 0. The summed E-state index contributed by atoms with van der Waals surface area (Å²) in [5, 5.41) is 194. The molecule has 0 aromatic carbocycles. The van der Waals surface area contributed by atoms with Gasteiger partial charge in [0.15, 0.2) is 37.7 Å². The van der Waals surface area contributed by atoms with Gasteiger partial charge >= 0.3 is 0 Å². The number of aliphatic hydroxyl groups excluding tert-OH is 16. The van der Waals surface area contributed by atoms with Crippen molar-refractivity contribution in [2.24, 2.45) is 0 Å². The lowest BCUT2D eigenvalue weighted by atomic mass is 9.92. The summed E-state index contributed by atoms with van der Waals surface area (Å²) in [6.07, 6.45) is -51.8. The van der Waals surface area contributed by atoms with Crippen molar-refractivity contribution in [1.82, 2.24) is 37.2 Å². The smallest absolute Gasteiger partial charge is 0.217 e. The number of rotatable bonds is 30. The fourth-order valence-corrected chi connectivity index (χ4v) is 12.4. The van der Waals surface area contributed by atoms with Crippen molar-refractivity contribution >= 4 is 47.6 Å². The minimum absolute atomic E-state index is 0.0829. The monoisotopic (exact) mass is 1440 g/mol. The summed E-state index contributed by atoms with van der Waals surface area (Å²) < 4.78 is 72.0. The molecule has 99 heavy (non-hydrogen) atoms. The molecule has 6 heterocycles. The molecule has 7 amide bonds. The highest BCUT2D eigenvalue weighted by Gasteiger charge is 2.59. The summed E-state index contributed by atoms with van der Waals surface area (Å²) in [5.41, 5.74) is 0. The maximum Gasteiger partial charge on any atom is 0.217 e. The van der Waals surface area contributed by atoms with Gasteiger partial charge in [0.25, 0.3) is 0 Å². The summed E-state index contributed by atoms with van der Waals surface area (Å²) in [6, 6.07) is -12.4. The van der Waals surface area contributed by atoms with Gasteiger partial charge < -0.3 is 181 Å². The fraction of sp³-hybridized carbons (Fsp3) is 0.857. The second-order valence-electron chi connectivity index (χ2n) is 24.4. The molecule has 6 rings (SSSR count). The van der Waals surface area contributed by atoms with Crippen molar-refractivity contribution in [3.63, 3.8) is 0 Å². The second kappa shape index (κ2) is 37.3. The van der Waals surface area contributed by atoms with Crippen LogP contribution in [-0.2, 0) is 95.2 Å². The molecule has 568 valence electrons. The number of amides is 7. The standard InChI is InChI=1S/C56H93N7O36/c1-16(72)57-23(8-64)37(80)45(24(79)9-65)94-52-32(59-18(3)74)40(83)47(26(11-67)89-52)96-54-34(61-20(5)76)42(85)49(28(13-69)91-54)98-56-36(63-22(7)78)44(87)50(30(15-71)93-56)99-55-35(62-21(6)77)43(86)48(29(14-70)92-55)97-53-33(60-19(4)75)41(84)46(27(12-68)90-53)95-51-31(58-17(2)73)39(82)38(81)25(10-66)88-51/h8,23-56,65-71,79-87H,9-15H2,1-7H3,(H,57,72)(H,58,73)(H,59,74)(H,60,75)(H,61,76)(H,62,77)(H,63,78)/t23-,24+,25+,26+,27+,28+,29+,30+,31+,32+,33+,34+,35+,36+,37+,38+,39+,40+,41+,42+,43+,44+,45+,46+,47+,48+,49+,50+,51-,52-,53-,54-,55-,56-/m0/s1. The molecule has 6 aliphatic rings. The van der Waals surface area contributed by atoms with E-state index < -0.39 is 296 Å². The van der Waals surface area contributed by atoms with Crippen molar-refractivity contribution in [2.45, 2.75) is 257 Å². The van der Waals surface area contributed by atoms with E-state index in [1.54, 1.807) is 0 Å². The van der Waals surface area contributed by atoms with Crippen LogP contribution in [0.5, 0.6) is 0 Å². The van der Waals surface area contributed by atoms with Crippen LogP contribution in [0.15, 0.2) is 0 Å². The molecule has 6 fully saturated rings. The number of nitrogens with one attached hydrogen (secondary N) is 7. The molecule has 0 saturated carbocycles. The first-order valence-electron chi connectivity index (χ1n) is 31.3. The minimum atomic E-state index is -2.14. The van der Waals surface area contributed by atoms with E-state index >= 15 is 0 Å². The zero-order chi connectivity index (χ0) is 73.8. The first-order chi connectivity index (χ1) is 46.7. The lowest BCUT2D eigenvalue weighted by Crippen LogP contribution is -2.72. The van der Waals surface area contributed by atoms with Gasteiger partial charge in [0, 0.05) is 48.5 Å². The minimum Gasteiger partial charge on any atom is -0.394 e. The molecule has 0 radical (unpaired) electrons. The largest absolute Gasteiger partial charge is 0.394 e. The summed E-state index contributed by atoms with van der Waals surface area (Å²) >= 11 is 0. The van der Waals surface area contributed by atoms with E-state index in [9.17, 15) is 120 Å². The van der Waals surface area contributed by atoms with Gasteiger partial charge in [-0.2, -0.15) is 0 Å².